The summed E-state index contributed by atoms with van der Waals surface area (Å²) >= 11 is 6.24. The number of fused-ring (bicyclic) bond motifs is 1. The van der Waals surface area contributed by atoms with E-state index in [-0.39, 0.29) is 0 Å². The zero-order valence-electron chi connectivity index (χ0n) is 13.2. The van der Waals surface area contributed by atoms with E-state index < -0.39 is 0 Å². The van der Waals surface area contributed by atoms with Gasteiger partial charge in [0.1, 0.15) is 5.82 Å². The number of aromatic nitrogens is 2. The van der Waals surface area contributed by atoms with Crippen molar-refractivity contribution in [3.63, 3.8) is 0 Å². The summed E-state index contributed by atoms with van der Waals surface area (Å²) in [5.74, 6) is 1.63. The molecule has 120 valence electrons. The summed E-state index contributed by atoms with van der Waals surface area (Å²) in [6.07, 6.45) is 9.18. The molecule has 0 radical (unpaired) electrons. The maximum Gasteiger partial charge on any atom is 0.224 e. The summed E-state index contributed by atoms with van der Waals surface area (Å²) in [6, 6.07) is 2.92. The van der Waals surface area contributed by atoms with Gasteiger partial charge >= 0.3 is 0 Å². The van der Waals surface area contributed by atoms with Crippen LogP contribution in [0.3, 0.4) is 0 Å². The lowest BCUT2D eigenvalue weighted by atomic mass is 9.87. The highest BCUT2D eigenvalue weighted by Gasteiger charge is 2.31. The molecule has 3 heterocycles. The largest absolute Gasteiger partial charge is 0.354 e. The lowest BCUT2D eigenvalue weighted by molar-refractivity contribution is 0.230. The van der Waals surface area contributed by atoms with E-state index in [2.05, 4.69) is 25.8 Å². The van der Waals surface area contributed by atoms with Crippen LogP contribution in [0.1, 0.15) is 56.6 Å². The number of rotatable bonds is 2. The monoisotopic (exact) mass is 320 g/mol. The first-order valence-electron chi connectivity index (χ1n) is 8.83. The molecule has 22 heavy (non-hydrogen) atoms. The van der Waals surface area contributed by atoms with E-state index in [9.17, 15) is 0 Å². The summed E-state index contributed by atoms with van der Waals surface area (Å²) in [5.41, 5.74) is 1.17. The van der Waals surface area contributed by atoms with Crippen molar-refractivity contribution in [2.75, 3.05) is 31.1 Å². The molecule has 1 saturated carbocycles. The summed E-state index contributed by atoms with van der Waals surface area (Å²) in [4.78, 5) is 14.1. The molecule has 4 nitrogen and oxygen atoms in total. The van der Waals surface area contributed by atoms with Gasteiger partial charge in [0.25, 0.3) is 0 Å². The highest BCUT2D eigenvalue weighted by Crippen LogP contribution is 2.34. The zero-order valence-corrected chi connectivity index (χ0v) is 13.9. The molecule has 1 aliphatic carbocycles. The van der Waals surface area contributed by atoms with Gasteiger partial charge in [-0.3, -0.25) is 4.90 Å². The Morgan fingerprint density at radius 1 is 0.955 bits per heavy atom. The minimum absolute atomic E-state index is 0.423. The minimum Gasteiger partial charge on any atom is -0.354 e. The van der Waals surface area contributed by atoms with Gasteiger partial charge in [-0.05, 0) is 43.8 Å². The summed E-state index contributed by atoms with van der Waals surface area (Å²) in [5, 5.41) is 0.423. The Balaban J connectivity index is 1.54. The number of hydrogen-bond donors (Lipinski definition) is 0. The van der Waals surface area contributed by atoms with Crippen LogP contribution in [-0.2, 0) is 0 Å². The molecule has 1 atom stereocenters. The lowest BCUT2D eigenvalue weighted by Gasteiger charge is -2.38. The highest BCUT2D eigenvalue weighted by atomic mass is 35.5. The maximum atomic E-state index is 6.24. The van der Waals surface area contributed by atoms with E-state index in [0.29, 0.717) is 17.2 Å². The molecule has 0 amide bonds. The number of halogens is 1. The van der Waals surface area contributed by atoms with Crippen molar-refractivity contribution in [2.24, 2.45) is 0 Å². The standard InChI is InChI=1S/C17H25ClN4/c18-17-19-15(13-5-2-1-3-6-13)11-16(20-17)22-10-9-21-8-4-7-14(21)12-22/h11,13-14H,1-10,12H2. The van der Waals surface area contributed by atoms with Crippen LogP contribution >= 0.6 is 11.6 Å². The fourth-order valence-corrected chi connectivity index (χ4v) is 4.58. The van der Waals surface area contributed by atoms with Crippen molar-refractivity contribution in [3.05, 3.63) is 17.0 Å². The zero-order chi connectivity index (χ0) is 14.9. The third-order valence-corrected chi connectivity index (χ3v) is 5.81. The Hall–Kier alpha value is -0.870. The summed E-state index contributed by atoms with van der Waals surface area (Å²) < 4.78 is 0. The van der Waals surface area contributed by atoms with Gasteiger partial charge in [0, 0.05) is 37.7 Å². The molecule has 1 aromatic heterocycles. The van der Waals surface area contributed by atoms with Crippen molar-refractivity contribution >= 4 is 17.4 Å². The average Bonchev–Trinajstić information content (AvgIpc) is 3.02. The Morgan fingerprint density at radius 2 is 1.82 bits per heavy atom. The Kier molecular flexibility index (Phi) is 4.23. The Morgan fingerprint density at radius 3 is 2.68 bits per heavy atom. The predicted molar refractivity (Wildman–Crippen MR) is 89.7 cm³/mol. The first-order valence-corrected chi connectivity index (χ1v) is 9.21. The number of nitrogens with zero attached hydrogens (tertiary/aromatic N) is 4. The molecule has 1 aromatic rings. The molecular formula is C17H25ClN4. The molecule has 3 aliphatic rings. The number of hydrogen-bond acceptors (Lipinski definition) is 4. The van der Waals surface area contributed by atoms with E-state index >= 15 is 0 Å². The van der Waals surface area contributed by atoms with E-state index in [4.69, 9.17) is 11.6 Å². The molecule has 2 saturated heterocycles. The van der Waals surface area contributed by atoms with Gasteiger partial charge in [0.2, 0.25) is 5.28 Å². The summed E-state index contributed by atoms with van der Waals surface area (Å²) in [6.45, 7) is 4.59. The van der Waals surface area contributed by atoms with Crippen molar-refractivity contribution in [1.29, 1.82) is 0 Å². The fraction of sp³-hybridized carbons (Fsp3) is 0.765. The van der Waals surface area contributed by atoms with Crippen molar-refractivity contribution < 1.29 is 0 Å². The Labute approximate surface area is 137 Å². The van der Waals surface area contributed by atoms with Crippen LogP contribution in [-0.4, -0.2) is 47.1 Å². The molecule has 1 unspecified atom stereocenters. The van der Waals surface area contributed by atoms with Crippen LogP contribution in [0.15, 0.2) is 6.07 Å². The average molecular weight is 321 g/mol. The van der Waals surface area contributed by atoms with E-state index in [0.717, 1.165) is 25.5 Å². The number of anilines is 1. The van der Waals surface area contributed by atoms with Crippen molar-refractivity contribution in [3.8, 4) is 0 Å². The SMILES string of the molecule is Clc1nc(C2CCCCC2)cc(N2CCN3CCCC3C2)n1. The third kappa shape index (κ3) is 2.95. The molecular weight excluding hydrogens is 296 g/mol. The molecule has 5 heteroatoms. The molecule has 4 rings (SSSR count). The van der Waals surface area contributed by atoms with E-state index in [1.54, 1.807) is 0 Å². The summed E-state index contributed by atoms with van der Waals surface area (Å²) in [7, 11) is 0. The van der Waals surface area contributed by atoms with Crippen LogP contribution in [0.5, 0.6) is 0 Å². The van der Waals surface area contributed by atoms with E-state index in [1.807, 2.05) is 0 Å². The molecule has 0 spiro atoms. The first-order chi connectivity index (χ1) is 10.8. The minimum atomic E-state index is 0.423. The van der Waals surface area contributed by atoms with Crippen molar-refractivity contribution in [1.82, 2.24) is 14.9 Å². The van der Waals surface area contributed by atoms with Crippen LogP contribution in [0, 0.1) is 0 Å². The normalized spacial score (nSPS) is 27.1. The van der Waals surface area contributed by atoms with Crippen LogP contribution in [0.2, 0.25) is 5.28 Å². The topological polar surface area (TPSA) is 32.3 Å². The lowest BCUT2D eigenvalue weighted by Crippen LogP contribution is -2.50. The molecule has 2 aliphatic heterocycles. The van der Waals surface area contributed by atoms with Crippen molar-refractivity contribution in [2.45, 2.75) is 56.9 Å². The second-order valence-electron chi connectivity index (χ2n) is 7.03. The smallest absolute Gasteiger partial charge is 0.224 e. The van der Waals surface area contributed by atoms with Gasteiger partial charge in [0.05, 0.1) is 5.69 Å². The molecule has 0 N–H and O–H groups in total. The van der Waals surface area contributed by atoms with Gasteiger partial charge < -0.3 is 4.90 Å². The van der Waals surface area contributed by atoms with Gasteiger partial charge in [-0.15, -0.1) is 0 Å². The van der Waals surface area contributed by atoms with Crippen LogP contribution in [0.25, 0.3) is 0 Å². The molecule has 0 aromatic carbocycles. The Bertz CT molecular complexity index is 529. The van der Waals surface area contributed by atoms with Crippen LogP contribution < -0.4 is 4.90 Å². The second-order valence-corrected chi connectivity index (χ2v) is 7.37. The quantitative estimate of drug-likeness (QED) is 0.781. The second kappa shape index (κ2) is 6.32. The molecule has 3 fully saturated rings. The number of piperazine rings is 1. The highest BCUT2D eigenvalue weighted by molar-refractivity contribution is 6.28. The van der Waals surface area contributed by atoms with E-state index in [1.165, 1.54) is 57.2 Å². The predicted octanol–water partition coefficient (Wildman–Crippen LogP) is 3.46. The van der Waals surface area contributed by atoms with Crippen LogP contribution in [0.4, 0.5) is 5.82 Å². The maximum absolute atomic E-state index is 6.24. The fourth-order valence-electron chi connectivity index (χ4n) is 4.39. The molecule has 0 bridgehead atoms. The van der Waals surface area contributed by atoms with Gasteiger partial charge in [-0.1, -0.05) is 19.3 Å². The van der Waals surface area contributed by atoms with Gasteiger partial charge in [0.15, 0.2) is 0 Å². The van der Waals surface area contributed by atoms with Gasteiger partial charge in [-0.2, -0.15) is 0 Å². The van der Waals surface area contributed by atoms with Gasteiger partial charge in [-0.25, -0.2) is 9.97 Å². The third-order valence-electron chi connectivity index (χ3n) is 5.64. The first kappa shape index (κ1) is 14.7.